The van der Waals surface area contributed by atoms with Crippen molar-refractivity contribution in [1.29, 1.82) is 0 Å². The van der Waals surface area contributed by atoms with Gasteiger partial charge in [0, 0.05) is 13.0 Å². The maximum Gasteiger partial charge on any atom is 0.220 e. The SMILES string of the molecule is CNCCCNC(=O)CC1CCCC(C)C1. The zero-order valence-electron chi connectivity index (χ0n) is 10.7. The predicted molar refractivity (Wildman–Crippen MR) is 67.3 cm³/mol. The molecular weight excluding hydrogens is 200 g/mol. The summed E-state index contributed by atoms with van der Waals surface area (Å²) in [7, 11) is 1.94. The van der Waals surface area contributed by atoms with Crippen LogP contribution in [0.5, 0.6) is 0 Å². The van der Waals surface area contributed by atoms with Crippen LogP contribution < -0.4 is 10.6 Å². The first kappa shape index (κ1) is 13.5. The van der Waals surface area contributed by atoms with Gasteiger partial charge in [-0.05, 0) is 44.7 Å². The Morgan fingerprint density at radius 2 is 2.12 bits per heavy atom. The Bertz CT molecular complexity index is 206. The third-order valence-corrected chi connectivity index (χ3v) is 3.44. The number of carbonyl (C=O) groups excluding carboxylic acids is 1. The molecule has 0 aliphatic heterocycles. The van der Waals surface area contributed by atoms with Crippen molar-refractivity contribution in [3.63, 3.8) is 0 Å². The number of carbonyl (C=O) groups is 1. The zero-order valence-corrected chi connectivity index (χ0v) is 10.7. The van der Waals surface area contributed by atoms with Crippen molar-refractivity contribution in [1.82, 2.24) is 10.6 Å². The Morgan fingerprint density at radius 3 is 2.81 bits per heavy atom. The van der Waals surface area contributed by atoms with Crippen LogP contribution in [-0.2, 0) is 4.79 Å². The highest BCUT2D eigenvalue weighted by Crippen LogP contribution is 2.30. The van der Waals surface area contributed by atoms with E-state index in [0.717, 1.165) is 31.8 Å². The molecule has 0 aromatic heterocycles. The summed E-state index contributed by atoms with van der Waals surface area (Å²) in [6.45, 7) is 4.08. The summed E-state index contributed by atoms with van der Waals surface area (Å²) in [5.74, 6) is 1.69. The summed E-state index contributed by atoms with van der Waals surface area (Å²) >= 11 is 0. The van der Waals surface area contributed by atoms with Crippen LogP contribution in [-0.4, -0.2) is 26.0 Å². The summed E-state index contributed by atoms with van der Waals surface area (Å²) in [5.41, 5.74) is 0. The highest BCUT2D eigenvalue weighted by Gasteiger charge is 2.20. The van der Waals surface area contributed by atoms with Crippen molar-refractivity contribution in [3.8, 4) is 0 Å². The predicted octanol–water partition coefficient (Wildman–Crippen LogP) is 1.93. The van der Waals surface area contributed by atoms with Crippen molar-refractivity contribution in [2.75, 3.05) is 20.1 Å². The molecule has 1 aliphatic carbocycles. The minimum absolute atomic E-state index is 0.246. The molecule has 1 fully saturated rings. The van der Waals surface area contributed by atoms with Gasteiger partial charge in [-0.3, -0.25) is 4.79 Å². The maximum atomic E-state index is 11.6. The molecule has 3 heteroatoms. The van der Waals surface area contributed by atoms with Gasteiger partial charge in [-0.1, -0.05) is 19.8 Å². The van der Waals surface area contributed by atoms with Gasteiger partial charge in [0.2, 0.25) is 5.91 Å². The number of amides is 1. The van der Waals surface area contributed by atoms with Crippen molar-refractivity contribution in [2.24, 2.45) is 11.8 Å². The molecule has 0 bridgehead atoms. The van der Waals surface area contributed by atoms with Gasteiger partial charge in [-0.2, -0.15) is 0 Å². The maximum absolute atomic E-state index is 11.6. The minimum atomic E-state index is 0.246. The van der Waals surface area contributed by atoms with Gasteiger partial charge in [-0.15, -0.1) is 0 Å². The molecule has 0 saturated heterocycles. The molecule has 0 spiro atoms. The standard InChI is InChI=1S/C13H26N2O/c1-11-5-3-6-12(9-11)10-13(16)15-8-4-7-14-2/h11-12,14H,3-10H2,1-2H3,(H,15,16). The van der Waals surface area contributed by atoms with Gasteiger partial charge in [0.25, 0.3) is 0 Å². The van der Waals surface area contributed by atoms with E-state index in [9.17, 15) is 4.79 Å². The van der Waals surface area contributed by atoms with Gasteiger partial charge >= 0.3 is 0 Å². The van der Waals surface area contributed by atoms with Crippen LogP contribution in [0.25, 0.3) is 0 Å². The van der Waals surface area contributed by atoms with Crippen LogP contribution in [0.3, 0.4) is 0 Å². The van der Waals surface area contributed by atoms with Crippen molar-refractivity contribution in [3.05, 3.63) is 0 Å². The van der Waals surface area contributed by atoms with Gasteiger partial charge < -0.3 is 10.6 Å². The summed E-state index contributed by atoms with van der Waals surface area (Å²) in [6, 6.07) is 0. The molecule has 0 radical (unpaired) electrons. The van der Waals surface area contributed by atoms with E-state index in [4.69, 9.17) is 0 Å². The molecule has 0 heterocycles. The van der Waals surface area contributed by atoms with Crippen LogP contribution in [0, 0.1) is 11.8 Å². The lowest BCUT2D eigenvalue weighted by Gasteiger charge is -2.26. The number of hydrogen-bond donors (Lipinski definition) is 2. The molecule has 0 aromatic carbocycles. The Balaban J connectivity index is 2.08. The van der Waals surface area contributed by atoms with Crippen molar-refractivity contribution >= 4 is 5.91 Å². The van der Waals surface area contributed by atoms with Crippen LogP contribution in [0.4, 0.5) is 0 Å². The summed E-state index contributed by atoms with van der Waals surface area (Å²) in [6.07, 6.45) is 6.89. The molecule has 2 unspecified atom stereocenters. The highest BCUT2D eigenvalue weighted by atomic mass is 16.1. The quantitative estimate of drug-likeness (QED) is 0.679. The van der Waals surface area contributed by atoms with Crippen LogP contribution in [0.2, 0.25) is 0 Å². The second kappa shape index (κ2) is 7.66. The second-order valence-corrected chi connectivity index (χ2v) is 5.15. The molecule has 1 saturated carbocycles. The second-order valence-electron chi connectivity index (χ2n) is 5.15. The van der Waals surface area contributed by atoms with E-state index < -0.39 is 0 Å². The number of nitrogens with one attached hydrogen (secondary N) is 2. The third kappa shape index (κ3) is 5.50. The van der Waals surface area contributed by atoms with Crippen LogP contribution in [0.15, 0.2) is 0 Å². The van der Waals surface area contributed by atoms with E-state index in [-0.39, 0.29) is 5.91 Å². The van der Waals surface area contributed by atoms with Gasteiger partial charge in [0.05, 0.1) is 0 Å². The third-order valence-electron chi connectivity index (χ3n) is 3.44. The molecule has 94 valence electrons. The molecule has 3 nitrogen and oxygen atoms in total. The smallest absolute Gasteiger partial charge is 0.220 e. The van der Waals surface area contributed by atoms with Crippen molar-refractivity contribution in [2.45, 2.75) is 45.4 Å². The summed E-state index contributed by atoms with van der Waals surface area (Å²) in [4.78, 5) is 11.6. The molecule has 2 N–H and O–H groups in total. The Kier molecular flexibility index (Phi) is 6.46. The Labute approximate surface area is 99.4 Å². The topological polar surface area (TPSA) is 41.1 Å². The molecule has 1 amide bonds. The fourth-order valence-corrected chi connectivity index (χ4v) is 2.57. The minimum Gasteiger partial charge on any atom is -0.356 e. The Hall–Kier alpha value is -0.570. The summed E-state index contributed by atoms with van der Waals surface area (Å²) in [5, 5.41) is 6.08. The first-order valence-electron chi connectivity index (χ1n) is 6.63. The zero-order chi connectivity index (χ0) is 11.8. The van der Waals surface area contributed by atoms with E-state index in [1.807, 2.05) is 7.05 Å². The molecule has 0 aromatic rings. The lowest BCUT2D eigenvalue weighted by molar-refractivity contribution is -0.122. The van der Waals surface area contributed by atoms with Crippen LogP contribution in [0.1, 0.15) is 45.4 Å². The first-order valence-corrected chi connectivity index (χ1v) is 6.63. The van der Waals surface area contributed by atoms with E-state index in [1.54, 1.807) is 0 Å². The normalized spacial score (nSPS) is 25.4. The van der Waals surface area contributed by atoms with Crippen molar-refractivity contribution < 1.29 is 4.79 Å². The monoisotopic (exact) mass is 226 g/mol. The van der Waals surface area contributed by atoms with E-state index in [2.05, 4.69) is 17.6 Å². The van der Waals surface area contributed by atoms with Gasteiger partial charge in [0.1, 0.15) is 0 Å². The van der Waals surface area contributed by atoms with Crippen LogP contribution >= 0.6 is 0 Å². The van der Waals surface area contributed by atoms with Gasteiger partial charge in [-0.25, -0.2) is 0 Å². The molecule has 16 heavy (non-hydrogen) atoms. The fraction of sp³-hybridized carbons (Fsp3) is 0.923. The van der Waals surface area contributed by atoms with E-state index in [0.29, 0.717) is 5.92 Å². The number of hydrogen-bond acceptors (Lipinski definition) is 2. The molecule has 2 atom stereocenters. The lowest BCUT2D eigenvalue weighted by Crippen LogP contribution is -2.29. The highest BCUT2D eigenvalue weighted by molar-refractivity contribution is 5.76. The largest absolute Gasteiger partial charge is 0.356 e. The average molecular weight is 226 g/mol. The van der Waals surface area contributed by atoms with E-state index in [1.165, 1.54) is 25.7 Å². The number of rotatable bonds is 6. The average Bonchev–Trinajstić information content (AvgIpc) is 2.24. The van der Waals surface area contributed by atoms with Gasteiger partial charge in [0.15, 0.2) is 0 Å². The fourth-order valence-electron chi connectivity index (χ4n) is 2.57. The molecule has 1 aliphatic rings. The van der Waals surface area contributed by atoms with E-state index >= 15 is 0 Å². The molecular formula is C13H26N2O. The first-order chi connectivity index (χ1) is 7.72. The lowest BCUT2D eigenvalue weighted by atomic mass is 9.81. The summed E-state index contributed by atoms with van der Waals surface area (Å²) < 4.78 is 0. The Morgan fingerprint density at radius 1 is 1.31 bits per heavy atom. The molecule has 1 rings (SSSR count).